The standard InChI is InChI=1S/C22H15F4N5O3S/c1-34-16-3-2-14(23)19-12(16)6-11(9-27)31(19)5-4-28-18-8-15(29-10-30-18)17-7-13(22(24,25)26)20(35-17)21(32)33/h2-3,6-8,10H,4-5H2,1H3,(H,32,33)(H,28,29,30). The lowest BCUT2D eigenvalue weighted by Crippen LogP contribution is -2.13. The van der Waals surface area contributed by atoms with E-state index in [1.807, 2.05) is 6.07 Å². The minimum Gasteiger partial charge on any atom is -0.496 e. The van der Waals surface area contributed by atoms with Gasteiger partial charge >= 0.3 is 12.1 Å². The number of aromatic nitrogens is 3. The minimum atomic E-state index is -4.83. The van der Waals surface area contributed by atoms with E-state index in [0.29, 0.717) is 22.5 Å². The number of carboxylic acid groups (broad SMARTS) is 1. The number of rotatable bonds is 7. The van der Waals surface area contributed by atoms with E-state index in [2.05, 4.69) is 15.3 Å². The fourth-order valence-corrected chi connectivity index (χ4v) is 4.57. The van der Waals surface area contributed by atoms with Gasteiger partial charge in [-0.25, -0.2) is 19.2 Å². The summed E-state index contributed by atoms with van der Waals surface area (Å²) >= 11 is 0.458. The highest BCUT2D eigenvalue weighted by Crippen LogP contribution is 2.40. The smallest absolute Gasteiger partial charge is 0.418 e. The Bertz CT molecular complexity index is 1470. The van der Waals surface area contributed by atoms with Crippen molar-refractivity contribution in [3.8, 4) is 22.4 Å². The average Bonchev–Trinajstić information content (AvgIpc) is 3.43. The molecular formula is C22H15F4N5O3S. The van der Waals surface area contributed by atoms with E-state index in [4.69, 9.17) is 9.84 Å². The maximum absolute atomic E-state index is 14.5. The van der Waals surface area contributed by atoms with Crippen molar-refractivity contribution in [3.63, 3.8) is 0 Å². The number of thiophene rings is 1. The van der Waals surface area contributed by atoms with Crippen molar-refractivity contribution in [2.75, 3.05) is 19.0 Å². The number of aromatic carboxylic acids is 1. The summed E-state index contributed by atoms with van der Waals surface area (Å²) in [6, 6.07) is 8.36. The van der Waals surface area contributed by atoms with Crippen LogP contribution in [-0.4, -0.2) is 39.3 Å². The van der Waals surface area contributed by atoms with E-state index >= 15 is 0 Å². The number of carbonyl (C=O) groups is 1. The van der Waals surface area contributed by atoms with E-state index in [0.717, 1.165) is 12.4 Å². The molecule has 1 aromatic carbocycles. The molecule has 0 saturated carbocycles. The van der Waals surface area contributed by atoms with Gasteiger partial charge in [-0.15, -0.1) is 11.3 Å². The number of hydrogen-bond acceptors (Lipinski definition) is 7. The quantitative estimate of drug-likeness (QED) is 0.340. The van der Waals surface area contributed by atoms with Crippen LogP contribution in [0.1, 0.15) is 20.9 Å². The number of hydrogen-bond donors (Lipinski definition) is 2. The van der Waals surface area contributed by atoms with Gasteiger partial charge in [0.2, 0.25) is 0 Å². The van der Waals surface area contributed by atoms with Crippen LogP contribution in [0.2, 0.25) is 0 Å². The van der Waals surface area contributed by atoms with Crippen molar-refractivity contribution in [1.29, 1.82) is 5.26 Å². The molecule has 0 bridgehead atoms. The van der Waals surface area contributed by atoms with Crippen molar-refractivity contribution < 1.29 is 32.2 Å². The zero-order chi connectivity index (χ0) is 25.3. The molecule has 3 heterocycles. The maximum atomic E-state index is 14.5. The van der Waals surface area contributed by atoms with Crippen LogP contribution in [-0.2, 0) is 12.7 Å². The molecule has 0 fully saturated rings. The number of anilines is 1. The molecule has 2 N–H and O–H groups in total. The first-order valence-electron chi connectivity index (χ1n) is 9.90. The number of methoxy groups -OCH3 is 1. The molecule has 0 radical (unpaired) electrons. The second-order valence-corrected chi connectivity index (χ2v) is 8.23. The number of nitriles is 1. The lowest BCUT2D eigenvalue weighted by molar-refractivity contribution is -0.137. The van der Waals surface area contributed by atoms with E-state index in [1.54, 1.807) is 0 Å². The summed E-state index contributed by atoms with van der Waals surface area (Å²) in [5.74, 6) is -1.54. The summed E-state index contributed by atoms with van der Waals surface area (Å²) in [6.07, 6.45) is -3.70. The number of nitrogens with zero attached hydrogens (tertiary/aromatic N) is 4. The van der Waals surface area contributed by atoms with Crippen LogP contribution in [0.15, 0.2) is 36.7 Å². The van der Waals surface area contributed by atoms with Crippen molar-refractivity contribution >= 4 is 34.0 Å². The van der Waals surface area contributed by atoms with Crippen LogP contribution < -0.4 is 10.1 Å². The van der Waals surface area contributed by atoms with Crippen LogP contribution >= 0.6 is 11.3 Å². The molecule has 0 unspecified atom stereocenters. The largest absolute Gasteiger partial charge is 0.496 e. The van der Waals surface area contributed by atoms with Crippen LogP contribution in [0.3, 0.4) is 0 Å². The van der Waals surface area contributed by atoms with E-state index in [-0.39, 0.29) is 40.7 Å². The Balaban J connectivity index is 1.58. The molecule has 0 atom stereocenters. The Labute approximate surface area is 199 Å². The molecule has 8 nitrogen and oxygen atoms in total. The van der Waals surface area contributed by atoms with Gasteiger partial charge in [0.15, 0.2) is 0 Å². The topological polar surface area (TPSA) is 113 Å². The van der Waals surface area contributed by atoms with Gasteiger partial charge in [0.25, 0.3) is 0 Å². The van der Waals surface area contributed by atoms with Crippen molar-refractivity contribution in [2.24, 2.45) is 0 Å². The SMILES string of the molecule is COc1ccc(F)c2c1cc(C#N)n2CCNc1cc(-c2cc(C(F)(F)F)c(C(=O)O)s2)ncn1. The summed E-state index contributed by atoms with van der Waals surface area (Å²) in [4.78, 5) is 18.4. The summed E-state index contributed by atoms with van der Waals surface area (Å²) in [5.41, 5.74) is -0.733. The number of fused-ring (bicyclic) bond motifs is 1. The number of carboxylic acids is 1. The Hall–Kier alpha value is -4.18. The van der Waals surface area contributed by atoms with Crippen molar-refractivity contribution in [3.05, 3.63) is 58.6 Å². The Morgan fingerprint density at radius 2 is 2.06 bits per heavy atom. The molecule has 0 aliphatic rings. The monoisotopic (exact) mass is 505 g/mol. The fourth-order valence-electron chi connectivity index (χ4n) is 3.59. The fraction of sp³-hybridized carbons (Fsp3) is 0.182. The molecule has 35 heavy (non-hydrogen) atoms. The summed E-state index contributed by atoms with van der Waals surface area (Å²) < 4.78 is 60.9. The molecule has 4 rings (SSSR count). The molecule has 3 aromatic heterocycles. The summed E-state index contributed by atoms with van der Waals surface area (Å²) in [7, 11) is 1.44. The normalized spacial score (nSPS) is 11.4. The minimum absolute atomic E-state index is 0.0116. The van der Waals surface area contributed by atoms with Gasteiger partial charge < -0.3 is 19.7 Å². The Morgan fingerprint density at radius 1 is 1.29 bits per heavy atom. The predicted molar refractivity (Wildman–Crippen MR) is 119 cm³/mol. The van der Waals surface area contributed by atoms with Crippen LogP contribution in [0.4, 0.5) is 23.4 Å². The number of nitrogens with one attached hydrogen (secondary N) is 1. The summed E-state index contributed by atoms with van der Waals surface area (Å²) in [5, 5.41) is 22.0. The lowest BCUT2D eigenvalue weighted by atomic mass is 10.2. The molecule has 0 spiro atoms. The third kappa shape index (κ3) is 4.60. The lowest BCUT2D eigenvalue weighted by Gasteiger charge is -2.11. The third-order valence-electron chi connectivity index (χ3n) is 5.10. The first kappa shape index (κ1) is 24.0. The molecule has 0 aliphatic carbocycles. The Kier molecular flexibility index (Phi) is 6.31. The van der Waals surface area contributed by atoms with Gasteiger partial charge in [-0.2, -0.15) is 18.4 Å². The van der Waals surface area contributed by atoms with Gasteiger partial charge in [0.1, 0.15) is 40.4 Å². The number of halogens is 4. The van der Waals surface area contributed by atoms with E-state index < -0.39 is 28.4 Å². The Morgan fingerprint density at radius 3 is 2.69 bits per heavy atom. The van der Waals surface area contributed by atoms with Gasteiger partial charge in [-0.05, 0) is 24.3 Å². The second-order valence-electron chi connectivity index (χ2n) is 7.18. The number of ether oxygens (including phenoxy) is 1. The molecule has 4 aromatic rings. The molecular weight excluding hydrogens is 490 g/mol. The third-order valence-corrected chi connectivity index (χ3v) is 6.24. The number of benzene rings is 1. The average molecular weight is 505 g/mol. The van der Waals surface area contributed by atoms with Gasteiger partial charge in [0.05, 0.1) is 28.8 Å². The highest BCUT2D eigenvalue weighted by molar-refractivity contribution is 7.17. The zero-order valence-corrected chi connectivity index (χ0v) is 18.7. The molecule has 0 aliphatic heterocycles. The zero-order valence-electron chi connectivity index (χ0n) is 17.9. The van der Waals surface area contributed by atoms with Gasteiger partial charge in [-0.1, -0.05) is 0 Å². The van der Waals surface area contributed by atoms with Crippen molar-refractivity contribution in [2.45, 2.75) is 12.7 Å². The summed E-state index contributed by atoms with van der Waals surface area (Å²) in [6.45, 7) is 0.348. The van der Waals surface area contributed by atoms with Gasteiger partial charge in [-0.3, -0.25) is 0 Å². The molecule has 0 saturated heterocycles. The van der Waals surface area contributed by atoms with Crippen molar-refractivity contribution in [1.82, 2.24) is 14.5 Å². The second kappa shape index (κ2) is 9.22. The van der Waals surface area contributed by atoms with Gasteiger partial charge in [0, 0.05) is 24.5 Å². The highest BCUT2D eigenvalue weighted by Gasteiger charge is 2.37. The first-order valence-corrected chi connectivity index (χ1v) is 10.7. The molecule has 180 valence electrons. The first-order chi connectivity index (χ1) is 16.6. The van der Waals surface area contributed by atoms with E-state index in [1.165, 1.54) is 35.9 Å². The predicted octanol–water partition coefficient (Wildman–Crippen LogP) is 5.01. The molecule has 0 amide bonds. The van der Waals surface area contributed by atoms with Crippen LogP contribution in [0.5, 0.6) is 5.75 Å². The van der Waals surface area contributed by atoms with Crippen LogP contribution in [0, 0.1) is 17.1 Å². The van der Waals surface area contributed by atoms with Crippen LogP contribution in [0.25, 0.3) is 21.5 Å². The highest BCUT2D eigenvalue weighted by atomic mass is 32.1. The van der Waals surface area contributed by atoms with E-state index in [9.17, 15) is 27.6 Å². The number of alkyl halides is 3. The maximum Gasteiger partial charge on any atom is 0.418 e. The molecule has 13 heteroatoms.